The van der Waals surface area contributed by atoms with E-state index in [1.807, 2.05) is 19.0 Å². The Morgan fingerprint density at radius 3 is 2.23 bits per heavy atom. The molecule has 0 saturated heterocycles. The monoisotopic (exact) mass is 368 g/mol. The Morgan fingerprint density at radius 2 is 1.73 bits per heavy atom. The van der Waals surface area contributed by atoms with Crippen LogP contribution in [0.3, 0.4) is 0 Å². The van der Waals surface area contributed by atoms with Crippen molar-refractivity contribution in [3.05, 3.63) is 63.7 Å². The number of nitro groups is 1. The summed E-state index contributed by atoms with van der Waals surface area (Å²) in [6, 6.07) is 8.48. The maximum absolute atomic E-state index is 12.7. The number of nitro benzene ring substituents is 1. The topological polar surface area (TPSA) is 87.5 Å². The number of rotatable bonds is 5. The summed E-state index contributed by atoms with van der Waals surface area (Å²) < 4.78 is 38.0. The van der Waals surface area contributed by atoms with Gasteiger partial charge in [0, 0.05) is 31.4 Å². The van der Waals surface area contributed by atoms with Gasteiger partial charge in [-0.25, -0.2) is 0 Å². The predicted octanol–water partition coefficient (Wildman–Crippen LogP) is 3.44. The summed E-state index contributed by atoms with van der Waals surface area (Å²) in [5.74, 6) is -0.593. The summed E-state index contributed by atoms with van der Waals surface area (Å²) >= 11 is 0. The smallest absolute Gasteiger partial charge is 0.378 e. The Balaban J connectivity index is 2.15. The average Bonchev–Trinajstić information content (AvgIpc) is 2.58. The zero-order valence-electron chi connectivity index (χ0n) is 13.8. The lowest BCUT2D eigenvalue weighted by Gasteiger charge is -2.13. The van der Waals surface area contributed by atoms with Gasteiger partial charge in [-0.3, -0.25) is 25.8 Å². The summed E-state index contributed by atoms with van der Waals surface area (Å²) in [5, 5.41) is 11.0. The molecule has 0 spiro atoms. The van der Waals surface area contributed by atoms with E-state index in [1.165, 1.54) is 0 Å². The highest BCUT2D eigenvalue weighted by Crippen LogP contribution is 2.34. The minimum absolute atomic E-state index is 0.263. The largest absolute Gasteiger partial charge is 0.416 e. The van der Waals surface area contributed by atoms with Crippen molar-refractivity contribution in [2.75, 3.05) is 24.4 Å². The van der Waals surface area contributed by atoms with E-state index in [0.717, 1.165) is 11.8 Å². The van der Waals surface area contributed by atoms with Gasteiger partial charge in [-0.2, -0.15) is 13.2 Å². The van der Waals surface area contributed by atoms with Crippen molar-refractivity contribution in [3.63, 3.8) is 0 Å². The van der Waals surface area contributed by atoms with E-state index in [2.05, 4.69) is 10.9 Å². The van der Waals surface area contributed by atoms with Gasteiger partial charge in [-0.15, -0.1) is 0 Å². The highest BCUT2D eigenvalue weighted by molar-refractivity contribution is 5.95. The molecule has 1 amide bonds. The molecule has 0 radical (unpaired) electrons. The van der Waals surface area contributed by atoms with Crippen LogP contribution in [-0.4, -0.2) is 24.9 Å². The highest BCUT2D eigenvalue weighted by Gasteiger charge is 2.33. The normalized spacial score (nSPS) is 11.0. The summed E-state index contributed by atoms with van der Waals surface area (Å²) in [5.41, 5.74) is 3.45. The molecule has 0 aromatic heterocycles. The van der Waals surface area contributed by atoms with Gasteiger partial charge in [0.15, 0.2) is 0 Å². The summed E-state index contributed by atoms with van der Waals surface area (Å²) in [6.07, 6.45) is -4.71. The van der Waals surface area contributed by atoms with Crippen LogP contribution in [0.1, 0.15) is 15.9 Å². The van der Waals surface area contributed by atoms with E-state index in [9.17, 15) is 28.1 Å². The van der Waals surface area contributed by atoms with E-state index in [0.29, 0.717) is 12.1 Å². The molecule has 26 heavy (non-hydrogen) atoms. The van der Waals surface area contributed by atoms with Gasteiger partial charge in [-0.1, -0.05) is 0 Å². The van der Waals surface area contributed by atoms with Crippen LogP contribution in [0.2, 0.25) is 0 Å². The minimum Gasteiger partial charge on any atom is -0.378 e. The third-order valence-electron chi connectivity index (χ3n) is 3.48. The Hall–Kier alpha value is -3.30. The molecular formula is C16H15F3N4O3. The molecule has 2 rings (SSSR count). The summed E-state index contributed by atoms with van der Waals surface area (Å²) in [6.45, 7) is 0. The van der Waals surface area contributed by atoms with E-state index in [-0.39, 0.29) is 11.3 Å². The van der Waals surface area contributed by atoms with Crippen LogP contribution in [-0.2, 0) is 6.18 Å². The molecule has 10 heteroatoms. The fourth-order valence-corrected chi connectivity index (χ4v) is 2.07. The second-order valence-electron chi connectivity index (χ2n) is 5.51. The van der Waals surface area contributed by atoms with Crippen LogP contribution < -0.4 is 15.8 Å². The predicted molar refractivity (Wildman–Crippen MR) is 90.0 cm³/mol. The number of nitrogens with zero attached hydrogens (tertiary/aromatic N) is 2. The standard InChI is InChI=1S/C16H15F3N4O3/c1-22(2)12-6-3-10(4-7-12)15(24)21-20-13-8-5-11(16(17,18)19)9-14(13)23(25)26/h3-9,20H,1-2H3,(H,21,24). The second-order valence-corrected chi connectivity index (χ2v) is 5.51. The first-order valence-electron chi connectivity index (χ1n) is 7.29. The molecule has 0 unspecified atom stereocenters. The molecule has 0 heterocycles. The Kier molecular flexibility index (Phi) is 5.34. The molecule has 138 valence electrons. The maximum atomic E-state index is 12.7. The van der Waals surface area contributed by atoms with Crippen LogP contribution in [0, 0.1) is 10.1 Å². The Labute approximate surface area is 146 Å². The zero-order chi connectivity index (χ0) is 19.5. The molecule has 0 saturated carbocycles. The van der Waals surface area contributed by atoms with Crippen LogP contribution in [0.5, 0.6) is 0 Å². The quantitative estimate of drug-likeness (QED) is 0.624. The number of carbonyl (C=O) groups is 1. The van der Waals surface area contributed by atoms with Crippen molar-refractivity contribution in [1.82, 2.24) is 5.43 Å². The van der Waals surface area contributed by atoms with Gasteiger partial charge in [0.1, 0.15) is 5.69 Å². The first-order chi connectivity index (χ1) is 12.1. The Bertz CT molecular complexity index is 820. The van der Waals surface area contributed by atoms with Crippen molar-refractivity contribution in [3.8, 4) is 0 Å². The number of anilines is 2. The average molecular weight is 368 g/mol. The van der Waals surface area contributed by atoms with Crippen molar-refractivity contribution >= 4 is 23.0 Å². The number of halogens is 3. The van der Waals surface area contributed by atoms with E-state index >= 15 is 0 Å². The van der Waals surface area contributed by atoms with Crippen molar-refractivity contribution in [2.45, 2.75) is 6.18 Å². The number of hydrogen-bond acceptors (Lipinski definition) is 5. The number of hydrogen-bond donors (Lipinski definition) is 2. The van der Waals surface area contributed by atoms with Crippen LogP contribution in [0.25, 0.3) is 0 Å². The van der Waals surface area contributed by atoms with Gasteiger partial charge in [0.25, 0.3) is 11.6 Å². The van der Waals surface area contributed by atoms with Gasteiger partial charge in [0.05, 0.1) is 10.5 Å². The van der Waals surface area contributed by atoms with E-state index in [1.54, 1.807) is 24.3 Å². The number of carbonyl (C=O) groups excluding carboxylic acids is 1. The fraction of sp³-hybridized carbons (Fsp3) is 0.188. The molecule has 0 bridgehead atoms. The number of amides is 1. The van der Waals surface area contributed by atoms with Gasteiger partial charge in [0.2, 0.25) is 0 Å². The number of alkyl halides is 3. The number of hydrazine groups is 1. The number of benzene rings is 2. The molecule has 0 aliphatic carbocycles. The lowest BCUT2D eigenvalue weighted by atomic mass is 10.1. The number of nitrogens with one attached hydrogen (secondary N) is 2. The van der Waals surface area contributed by atoms with Crippen molar-refractivity contribution in [2.24, 2.45) is 0 Å². The molecule has 0 aliphatic heterocycles. The van der Waals surface area contributed by atoms with Crippen molar-refractivity contribution in [1.29, 1.82) is 0 Å². The summed E-state index contributed by atoms with van der Waals surface area (Å²) in [4.78, 5) is 23.9. The Morgan fingerprint density at radius 1 is 1.12 bits per heavy atom. The molecule has 0 aliphatic rings. The second kappa shape index (κ2) is 7.30. The molecule has 0 atom stereocenters. The van der Waals surface area contributed by atoms with Crippen LogP contribution >= 0.6 is 0 Å². The van der Waals surface area contributed by atoms with Crippen LogP contribution in [0.4, 0.5) is 30.2 Å². The third-order valence-corrected chi connectivity index (χ3v) is 3.48. The van der Waals surface area contributed by atoms with Gasteiger partial charge >= 0.3 is 6.18 Å². The van der Waals surface area contributed by atoms with Gasteiger partial charge in [-0.05, 0) is 36.4 Å². The maximum Gasteiger partial charge on any atom is 0.416 e. The highest BCUT2D eigenvalue weighted by atomic mass is 19.4. The van der Waals surface area contributed by atoms with Crippen molar-refractivity contribution < 1.29 is 22.9 Å². The molecular weight excluding hydrogens is 353 g/mol. The van der Waals surface area contributed by atoms with E-state index < -0.39 is 28.3 Å². The SMILES string of the molecule is CN(C)c1ccc(C(=O)NNc2ccc(C(F)(F)F)cc2[N+](=O)[O-])cc1. The molecule has 7 nitrogen and oxygen atoms in total. The van der Waals surface area contributed by atoms with E-state index in [4.69, 9.17) is 0 Å². The first kappa shape index (κ1) is 19.0. The molecule has 2 aromatic rings. The van der Waals surface area contributed by atoms with Crippen LogP contribution in [0.15, 0.2) is 42.5 Å². The van der Waals surface area contributed by atoms with Gasteiger partial charge < -0.3 is 4.90 Å². The molecule has 0 fully saturated rings. The molecule has 2 N–H and O–H groups in total. The fourth-order valence-electron chi connectivity index (χ4n) is 2.07. The lowest BCUT2D eigenvalue weighted by molar-refractivity contribution is -0.384. The minimum atomic E-state index is -4.71. The summed E-state index contributed by atoms with van der Waals surface area (Å²) in [7, 11) is 3.67. The lowest BCUT2D eigenvalue weighted by Crippen LogP contribution is -2.29. The first-order valence-corrected chi connectivity index (χ1v) is 7.29. The molecule has 2 aromatic carbocycles. The zero-order valence-corrected chi connectivity index (χ0v) is 13.8. The third kappa shape index (κ3) is 4.41.